The van der Waals surface area contributed by atoms with Crippen LogP contribution in [-0.2, 0) is 11.3 Å². The van der Waals surface area contributed by atoms with Gasteiger partial charge in [0.1, 0.15) is 11.4 Å². The number of hydrogen-bond acceptors (Lipinski definition) is 5. The number of benzene rings is 1. The van der Waals surface area contributed by atoms with Gasteiger partial charge < -0.3 is 10.1 Å². The number of carbonyl (C=O) groups is 2. The number of nitrogens with one attached hydrogen (secondary N) is 2. The Hall–Kier alpha value is -2.88. The molecule has 28 heavy (non-hydrogen) atoms. The quantitative estimate of drug-likeness (QED) is 0.756. The minimum atomic E-state index is -4.85. The molecule has 0 radical (unpaired) electrons. The van der Waals surface area contributed by atoms with Gasteiger partial charge in [-0.1, -0.05) is 17.7 Å². The Balaban J connectivity index is 1.59. The summed E-state index contributed by atoms with van der Waals surface area (Å²) in [5.74, 6) is -1.27. The van der Waals surface area contributed by atoms with Gasteiger partial charge in [0, 0.05) is 18.7 Å². The second-order valence-corrected chi connectivity index (χ2v) is 6.43. The number of alkyl halides is 3. The van der Waals surface area contributed by atoms with Crippen molar-refractivity contribution in [2.24, 2.45) is 5.92 Å². The highest BCUT2D eigenvalue weighted by Crippen LogP contribution is 2.31. The molecule has 0 atom stereocenters. The first-order valence-corrected chi connectivity index (χ1v) is 8.55. The van der Waals surface area contributed by atoms with E-state index in [9.17, 15) is 22.8 Å². The summed E-state index contributed by atoms with van der Waals surface area (Å²) in [6.07, 6.45) is -1.87. The monoisotopic (exact) mass is 414 g/mol. The minimum Gasteiger partial charge on any atom is -0.404 e. The molecule has 11 heteroatoms. The molecular weight excluding hydrogens is 401 g/mol. The topological polar surface area (TPSA) is 93.2 Å². The van der Waals surface area contributed by atoms with Crippen molar-refractivity contribution in [1.29, 1.82) is 0 Å². The highest BCUT2D eigenvalue weighted by atomic mass is 35.5. The van der Waals surface area contributed by atoms with Gasteiger partial charge in [-0.15, -0.1) is 13.2 Å². The molecule has 1 aliphatic rings. The van der Waals surface area contributed by atoms with E-state index in [4.69, 9.17) is 11.6 Å². The Labute approximate surface area is 162 Å². The lowest BCUT2D eigenvalue weighted by atomic mass is 10.2. The van der Waals surface area contributed by atoms with Crippen molar-refractivity contribution in [1.82, 2.24) is 15.3 Å². The molecule has 1 aromatic carbocycles. The number of anilines is 1. The number of amides is 2. The van der Waals surface area contributed by atoms with E-state index in [1.54, 1.807) is 0 Å². The number of nitrogens with zero attached hydrogens (tertiary/aromatic N) is 2. The number of hydrogen-bond donors (Lipinski definition) is 2. The number of aromatic nitrogens is 2. The molecule has 0 saturated heterocycles. The molecule has 1 aromatic heterocycles. The Kier molecular flexibility index (Phi) is 5.68. The summed E-state index contributed by atoms with van der Waals surface area (Å²) in [4.78, 5) is 31.8. The van der Waals surface area contributed by atoms with Crippen LogP contribution in [0.5, 0.6) is 5.75 Å². The van der Waals surface area contributed by atoms with E-state index in [0.717, 1.165) is 18.9 Å². The van der Waals surface area contributed by atoms with Crippen LogP contribution in [0.3, 0.4) is 0 Å². The maximum absolute atomic E-state index is 12.2. The number of rotatable bonds is 6. The lowest BCUT2D eigenvalue weighted by Gasteiger charge is -2.11. The van der Waals surface area contributed by atoms with Crippen molar-refractivity contribution in [2.75, 3.05) is 5.32 Å². The molecule has 3 rings (SSSR count). The van der Waals surface area contributed by atoms with Gasteiger partial charge in [0.05, 0.1) is 5.02 Å². The Morgan fingerprint density at radius 2 is 2.00 bits per heavy atom. The van der Waals surface area contributed by atoms with Crippen LogP contribution in [0.4, 0.5) is 19.1 Å². The van der Waals surface area contributed by atoms with Gasteiger partial charge in [-0.3, -0.25) is 14.9 Å². The zero-order valence-electron chi connectivity index (χ0n) is 14.2. The molecule has 1 aliphatic carbocycles. The van der Waals surface area contributed by atoms with Crippen LogP contribution < -0.4 is 15.4 Å². The van der Waals surface area contributed by atoms with Crippen molar-refractivity contribution in [3.63, 3.8) is 0 Å². The summed E-state index contributed by atoms with van der Waals surface area (Å²) in [5.41, 5.74) is 0.494. The van der Waals surface area contributed by atoms with Crippen LogP contribution in [-0.4, -0.2) is 28.1 Å². The van der Waals surface area contributed by atoms with E-state index in [0.29, 0.717) is 5.56 Å². The summed E-state index contributed by atoms with van der Waals surface area (Å²) >= 11 is 5.77. The maximum atomic E-state index is 12.2. The first-order valence-electron chi connectivity index (χ1n) is 8.17. The van der Waals surface area contributed by atoms with Crippen LogP contribution in [0.15, 0.2) is 30.5 Å². The predicted octanol–water partition coefficient (Wildman–Crippen LogP) is 3.31. The molecule has 1 saturated carbocycles. The Bertz CT molecular complexity index is 903. The second kappa shape index (κ2) is 8.01. The molecular formula is C17H14ClF3N4O3. The van der Waals surface area contributed by atoms with Crippen LogP contribution in [0.2, 0.25) is 5.02 Å². The average molecular weight is 415 g/mol. The average Bonchev–Trinajstić information content (AvgIpc) is 3.46. The van der Waals surface area contributed by atoms with Gasteiger partial charge in [-0.05, 0) is 36.6 Å². The van der Waals surface area contributed by atoms with Crippen molar-refractivity contribution in [2.45, 2.75) is 25.7 Å². The largest absolute Gasteiger partial charge is 0.573 e. The van der Waals surface area contributed by atoms with Crippen molar-refractivity contribution in [3.05, 3.63) is 46.7 Å². The minimum absolute atomic E-state index is 0.00137. The van der Waals surface area contributed by atoms with Gasteiger partial charge in [0.25, 0.3) is 5.91 Å². The van der Waals surface area contributed by atoms with E-state index in [-0.39, 0.29) is 35.0 Å². The fourth-order valence-corrected chi connectivity index (χ4v) is 2.48. The smallest absolute Gasteiger partial charge is 0.404 e. The third-order valence-corrected chi connectivity index (χ3v) is 4.04. The van der Waals surface area contributed by atoms with Gasteiger partial charge >= 0.3 is 6.36 Å². The SMILES string of the molecule is O=C(NCc1ccc(OC(F)(F)F)c(Cl)c1)c1ccnc(NC(=O)C2CC2)n1. The molecule has 0 aliphatic heterocycles. The van der Waals surface area contributed by atoms with Crippen molar-refractivity contribution in [3.8, 4) is 5.75 Å². The molecule has 2 amide bonds. The summed E-state index contributed by atoms with van der Waals surface area (Å²) in [5, 5.41) is 4.86. The number of halogens is 4. The molecule has 0 unspecified atom stereocenters. The summed E-state index contributed by atoms with van der Waals surface area (Å²) in [7, 11) is 0. The molecule has 148 valence electrons. The Morgan fingerprint density at radius 3 is 2.64 bits per heavy atom. The zero-order valence-corrected chi connectivity index (χ0v) is 15.0. The molecule has 7 nitrogen and oxygen atoms in total. The fraction of sp³-hybridized carbons (Fsp3) is 0.294. The van der Waals surface area contributed by atoms with Crippen molar-refractivity contribution < 1.29 is 27.5 Å². The van der Waals surface area contributed by atoms with E-state index >= 15 is 0 Å². The van der Waals surface area contributed by atoms with Crippen molar-refractivity contribution >= 4 is 29.4 Å². The van der Waals surface area contributed by atoms with Gasteiger partial charge in [0.15, 0.2) is 0 Å². The first-order chi connectivity index (χ1) is 13.2. The highest BCUT2D eigenvalue weighted by Gasteiger charge is 2.32. The van der Waals surface area contributed by atoms with E-state index in [1.807, 2.05) is 0 Å². The molecule has 1 heterocycles. The van der Waals surface area contributed by atoms with Crippen LogP contribution in [0.1, 0.15) is 28.9 Å². The lowest BCUT2D eigenvalue weighted by Crippen LogP contribution is -2.25. The third-order valence-electron chi connectivity index (χ3n) is 3.75. The van der Waals surface area contributed by atoms with Crippen LogP contribution in [0.25, 0.3) is 0 Å². The molecule has 0 bridgehead atoms. The highest BCUT2D eigenvalue weighted by molar-refractivity contribution is 6.32. The molecule has 2 N–H and O–H groups in total. The fourth-order valence-electron chi connectivity index (χ4n) is 2.24. The summed E-state index contributed by atoms with van der Waals surface area (Å²) in [6, 6.07) is 5.03. The van der Waals surface area contributed by atoms with Gasteiger partial charge in [-0.2, -0.15) is 0 Å². The molecule has 0 spiro atoms. The number of carbonyl (C=O) groups excluding carboxylic acids is 2. The predicted molar refractivity (Wildman–Crippen MR) is 92.7 cm³/mol. The third kappa shape index (κ3) is 5.56. The van der Waals surface area contributed by atoms with E-state index < -0.39 is 18.0 Å². The standard InChI is InChI=1S/C17H14ClF3N4O3/c18-11-7-9(1-4-13(11)28-17(19,20)21)8-23-15(27)12-5-6-22-16(24-12)25-14(26)10-2-3-10/h1,4-7,10H,2-3,8H2,(H,23,27)(H,22,24,25,26). The second-order valence-electron chi connectivity index (χ2n) is 6.02. The molecule has 2 aromatic rings. The van der Waals surface area contributed by atoms with E-state index in [2.05, 4.69) is 25.3 Å². The zero-order chi connectivity index (χ0) is 20.3. The van der Waals surface area contributed by atoms with Gasteiger partial charge in [0.2, 0.25) is 11.9 Å². The van der Waals surface area contributed by atoms with Crippen LogP contribution >= 0.6 is 11.6 Å². The summed E-state index contributed by atoms with van der Waals surface area (Å²) < 4.78 is 40.5. The molecule has 1 fully saturated rings. The Morgan fingerprint density at radius 1 is 1.25 bits per heavy atom. The number of ether oxygens (including phenoxy) is 1. The summed E-state index contributed by atoms with van der Waals surface area (Å²) in [6.45, 7) is -0.00137. The van der Waals surface area contributed by atoms with Crippen LogP contribution in [0, 0.1) is 5.92 Å². The maximum Gasteiger partial charge on any atom is 0.573 e. The van der Waals surface area contributed by atoms with E-state index in [1.165, 1.54) is 24.4 Å². The van der Waals surface area contributed by atoms with Gasteiger partial charge in [-0.25, -0.2) is 9.97 Å². The lowest BCUT2D eigenvalue weighted by molar-refractivity contribution is -0.274. The normalized spacial score (nSPS) is 13.7. The first kappa shape index (κ1) is 19.9.